The fourth-order valence-electron chi connectivity index (χ4n) is 1.99. The Labute approximate surface area is 94.0 Å². The molecule has 0 aliphatic carbocycles. The second-order valence-electron chi connectivity index (χ2n) is 4.21. The lowest BCUT2D eigenvalue weighted by Gasteiger charge is -2.14. The minimum absolute atomic E-state index is 0.141. The molecule has 1 atom stereocenters. The molecule has 0 bridgehead atoms. The van der Waals surface area contributed by atoms with E-state index in [1.807, 2.05) is 12.1 Å². The van der Waals surface area contributed by atoms with Crippen molar-refractivity contribution < 1.29 is 4.92 Å². The molecule has 0 saturated carbocycles. The van der Waals surface area contributed by atoms with Crippen LogP contribution in [0, 0.1) is 10.1 Å². The second-order valence-corrected chi connectivity index (χ2v) is 4.21. The third-order valence-electron chi connectivity index (χ3n) is 2.86. The number of hydrogen-bond donors (Lipinski definition) is 1. The molecule has 0 radical (unpaired) electrons. The Hall–Kier alpha value is -1.46. The van der Waals surface area contributed by atoms with E-state index in [1.54, 1.807) is 12.1 Å². The molecule has 5 nitrogen and oxygen atoms in total. The van der Waals surface area contributed by atoms with Gasteiger partial charge in [-0.15, -0.1) is 0 Å². The van der Waals surface area contributed by atoms with Gasteiger partial charge in [0.05, 0.1) is 4.92 Å². The first-order valence-corrected chi connectivity index (χ1v) is 5.36. The first-order chi connectivity index (χ1) is 7.65. The zero-order chi connectivity index (χ0) is 11.5. The van der Waals surface area contributed by atoms with Crippen LogP contribution < -0.4 is 5.73 Å². The molecule has 1 aliphatic rings. The molecule has 1 aromatic rings. The van der Waals surface area contributed by atoms with Crippen molar-refractivity contribution in [3.05, 3.63) is 39.9 Å². The third kappa shape index (κ3) is 2.56. The fourth-order valence-corrected chi connectivity index (χ4v) is 1.99. The quantitative estimate of drug-likeness (QED) is 0.613. The van der Waals surface area contributed by atoms with Crippen molar-refractivity contribution in [3.63, 3.8) is 0 Å². The van der Waals surface area contributed by atoms with E-state index >= 15 is 0 Å². The number of hydrogen-bond acceptors (Lipinski definition) is 4. The van der Waals surface area contributed by atoms with Crippen molar-refractivity contribution in [2.75, 3.05) is 13.1 Å². The number of nitrogens with zero attached hydrogens (tertiary/aromatic N) is 2. The van der Waals surface area contributed by atoms with Crippen LogP contribution in [0.25, 0.3) is 0 Å². The summed E-state index contributed by atoms with van der Waals surface area (Å²) in [5, 5.41) is 10.5. The Balaban J connectivity index is 1.97. The predicted octanol–water partition coefficient (Wildman–Crippen LogP) is 1.13. The Morgan fingerprint density at radius 1 is 1.44 bits per heavy atom. The number of nitro groups is 1. The Morgan fingerprint density at radius 3 is 2.62 bits per heavy atom. The van der Waals surface area contributed by atoms with E-state index in [0.29, 0.717) is 0 Å². The number of rotatable bonds is 3. The maximum Gasteiger partial charge on any atom is 0.269 e. The van der Waals surface area contributed by atoms with Gasteiger partial charge in [-0.3, -0.25) is 15.0 Å². The average Bonchev–Trinajstić information content (AvgIpc) is 2.65. The van der Waals surface area contributed by atoms with Crippen molar-refractivity contribution in [1.82, 2.24) is 4.90 Å². The summed E-state index contributed by atoms with van der Waals surface area (Å²) >= 11 is 0. The van der Waals surface area contributed by atoms with Gasteiger partial charge in [0.1, 0.15) is 0 Å². The molecule has 0 spiro atoms. The van der Waals surface area contributed by atoms with Crippen molar-refractivity contribution in [2.24, 2.45) is 5.73 Å². The summed E-state index contributed by atoms with van der Waals surface area (Å²) in [5.74, 6) is 0. The van der Waals surface area contributed by atoms with Gasteiger partial charge < -0.3 is 5.73 Å². The van der Waals surface area contributed by atoms with Crippen LogP contribution in [-0.2, 0) is 6.54 Å². The standard InChI is InChI=1S/C11H15N3O2/c12-10-5-6-13(8-10)7-9-1-3-11(4-2-9)14(15)16/h1-4,10H,5-8,12H2/t10-/m0/s1. The summed E-state index contributed by atoms with van der Waals surface area (Å²) in [4.78, 5) is 12.4. The van der Waals surface area contributed by atoms with Crippen LogP contribution in [0.4, 0.5) is 5.69 Å². The Bertz CT molecular complexity index is 377. The molecule has 0 unspecified atom stereocenters. The fraction of sp³-hybridized carbons (Fsp3) is 0.455. The van der Waals surface area contributed by atoms with Gasteiger partial charge in [0.25, 0.3) is 5.69 Å². The summed E-state index contributed by atoms with van der Waals surface area (Å²) in [6, 6.07) is 6.98. The van der Waals surface area contributed by atoms with Crippen LogP contribution >= 0.6 is 0 Å². The van der Waals surface area contributed by atoms with Crippen LogP contribution in [0.1, 0.15) is 12.0 Å². The number of likely N-dealkylation sites (tertiary alicyclic amines) is 1. The first-order valence-electron chi connectivity index (χ1n) is 5.36. The number of nitro benzene ring substituents is 1. The van der Waals surface area contributed by atoms with Crippen molar-refractivity contribution in [2.45, 2.75) is 19.0 Å². The number of nitrogens with two attached hydrogens (primary N) is 1. The molecule has 1 fully saturated rings. The monoisotopic (exact) mass is 221 g/mol. The lowest BCUT2D eigenvalue weighted by atomic mass is 10.2. The Morgan fingerprint density at radius 2 is 2.12 bits per heavy atom. The van der Waals surface area contributed by atoms with Gasteiger partial charge in [0.15, 0.2) is 0 Å². The van der Waals surface area contributed by atoms with Crippen molar-refractivity contribution in [3.8, 4) is 0 Å². The number of benzene rings is 1. The van der Waals surface area contributed by atoms with Gasteiger partial charge in [-0.25, -0.2) is 0 Å². The highest BCUT2D eigenvalue weighted by molar-refractivity contribution is 5.32. The maximum atomic E-state index is 10.5. The van der Waals surface area contributed by atoms with Crippen LogP contribution in [0.2, 0.25) is 0 Å². The second kappa shape index (κ2) is 4.59. The van der Waals surface area contributed by atoms with Crippen molar-refractivity contribution in [1.29, 1.82) is 0 Å². The summed E-state index contributed by atoms with van der Waals surface area (Å²) < 4.78 is 0. The molecule has 1 saturated heterocycles. The van der Waals surface area contributed by atoms with Gasteiger partial charge in [-0.2, -0.15) is 0 Å². The minimum atomic E-state index is -0.379. The third-order valence-corrected chi connectivity index (χ3v) is 2.86. The maximum absolute atomic E-state index is 10.5. The predicted molar refractivity (Wildman–Crippen MR) is 61.0 cm³/mol. The van der Waals surface area contributed by atoms with E-state index in [4.69, 9.17) is 5.73 Å². The molecular weight excluding hydrogens is 206 g/mol. The highest BCUT2D eigenvalue weighted by Crippen LogP contribution is 2.15. The van der Waals surface area contributed by atoms with E-state index in [0.717, 1.165) is 31.6 Å². The SMILES string of the molecule is N[C@H]1CCN(Cc2ccc([N+](=O)[O-])cc2)C1. The van der Waals surface area contributed by atoms with E-state index in [2.05, 4.69) is 4.90 Å². The van der Waals surface area contributed by atoms with E-state index in [-0.39, 0.29) is 16.7 Å². The van der Waals surface area contributed by atoms with E-state index < -0.39 is 0 Å². The first kappa shape index (κ1) is 11.0. The molecule has 1 aromatic carbocycles. The number of non-ortho nitro benzene ring substituents is 1. The van der Waals surface area contributed by atoms with Crippen molar-refractivity contribution >= 4 is 5.69 Å². The molecule has 86 valence electrons. The zero-order valence-corrected chi connectivity index (χ0v) is 9.00. The Kier molecular flexibility index (Phi) is 3.17. The molecule has 0 amide bonds. The van der Waals surface area contributed by atoms with Crippen LogP contribution in [-0.4, -0.2) is 29.0 Å². The lowest BCUT2D eigenvalue weighted by molar-refractivity contribution is -0.384. The van der Waals surface area contributed by atoms with E-state index in [9.17, 15) is 10.1 Å². The van der Waals surface area contributed by atoms with Gasteiger partial charge in [-0.05, 0) is 12.0 Å². The van der Waals surface area contributed by atoms with Gasteiger partial charge >= 0.3 is 0 Å². The van der Waals surface area contributed by atoms with Crippen LogP contribution in [0.5, 0.6) is 0 Å². The normalized spacial score (nSPS) is 21.2. The molecule has 1 heterocycles. The average molecular weight is 221 g/mol. The lowest BCUT2D eigenvalue weighted by Crippen LogP contribution is -2.26. The molecule has 2 rings (SSSR count). The van der Waals surface area contributed by atoms with Gasteiger partial charge in [-0.1, -0.05) is 12.1 Å². The summed E-state index contributed by atoms with van der Waals surface area (Å²) in [7, 11) is 0. The van der Waals surface area contributed by atoms with Crippen LogP contribution in [0.15, 0.2) is 24.3 Å². The van der Waals surface area contributed by atoms with Gasteiger partial charge in [0.2, 0.25) is 0 Å². The summed E-state index contributed by atoms with van der Waals surface area (Å²) in [6.07, 6.45) is 1.03. The molecular formula is C11H15N3O2. The highest BCUT2D eigenvalue weighted by atomic mass is 16.6. The van der Waals surface area contributed by atoms with Gasteiger partial charge in [0, 0.05) is 37.8 Å². The molecule has 0 aromatic heterocycles. The molecule has 5 heteroatoms. The molecule has 2 N–H and O–H groups in total. The summed E-state index contributed by atoms with van der Waals surface area (Å²) in [6.45, 7) is 2.75. The van der Waals surface area contributed by atoms with E-state index in [1.165, 1.54) is 0 Å². The summed E-state index contributed by atoms with van der Waals surface area (Å²) in [5.41, 5.74) is 7.05. The minimum Gasteiger partial charge on any atom is -0.326 e. The topological polar surface area (TPSA) is 72.4 Å². The molecule has 16 heavy (non-hydrogen) atoms. The smallest absolute Gasteiger partial charge is 0.269 e. The highest BCUT2D eigenvalue weighted by Gasteiger charge is 2.18. The molecule has 1 aliphatic heterocycles. The zero-order valence-electron chi connectivity index (χ0n) is 9.00. The van der Waals surface area contributed by atoms with Crippen LogP contribution in [0.3, 0.4) is 0 Å². The largest absolute Gasteiger partial charge is 0.326 e.